The van der Waals surface area contributed by atoms with Crippen molar-refractivity contribution in [1.82, 2.24) is 9.78 Å². The number of anilines is 1. The number of aromatic nitrogens is 2. The predicted molar refractivity (Wildman–Crippen MR) is 77.5 cm³/mol. The lowest BCUT2D eigenvalue weighted by Gasteiger charge is -2.11. The van der Waals surface area contributed by atoms with E-state index in [1.54, 1.807) is 12.1 Å². The number of aryl methyl sites for hydroxylation is 1. The number of phenols is 1. The summed E-state index contributed by atoms with van der Waals surface area (Å²) in [6.07, 6.45) is 0. The van der Waals surface area contributed by atoms with Gasteiger partial charge in [0.2, 0.25) is 0 Å². The van der Waals surface area contributed by atoms with E-state index >= 15 is 0 Å². The van der Waals surface area contributed by atoms with Crippen LogP contribution in [-0.4, -0.2) is 14.9 Å². The number of nitrogens with zero attached hydrogens (tertiary/aromatic N) is 2. The van der Waals surface area contributed by atoms with Gasteiger partial charge in [-0.15, -0.1) is 0 Å². The normalized spacial score (nSPS) is 11.1. The molecule has 0 spiro atoms. The first-order valence-electron chi connectivity index (χ1n) is 6.67. The highest BCUT2D eigenvalue weighted by molar-refractivity contribution is 5.53. The maximum absolute atomic E-state index is 13.3. The SMILES string of the molecule is Cc1nn(C(C)C)c(C)c1NCc1cccc(F)c1O. The van der Waals surface area contributed by atoms with Crippen molar-refractivity contribution in [3.8, 4) is 5.75 Å². The van der Waals surface area contributed by atoms with E-state index in [-0.39, 0.29) is 11.8 Å². The van der Waals surface area contributed by atoms with Gasteiger partial charge in [-0.3, -0.25) is 4.68 Å². The van der Waals surface area contributed by atoms with Crippen LogP contribution in [0.2, 0.25) is 0 Å². The highest BCUT2D eigenvalue weighted by atomic mass is 19.1. The van der Waals surface area contributed by atoms with Crippen molar-refractivity contribution in [1.29, 1.82) is 0 Å². The lowest BCUT2D eigenvalue weighted by molar-refractivity contribution is 0.426. The number of para-hydroxylation sites is 1. The molecule has 0 bridgehead atoms. The maximum Gasteiger partial charge on any atom is 0.165 e. The molecule has 20 heavy (non-hydrogen) atoms. The summed E-state index contributed by atoms with van der Waals surface area (Å²) in [6, 6.07) is 4.81. The van der Waals surface area contributed by atoms with Crippen LogP contribution in [0.4, 0.5) is 10.1 Å². The molecule has 1 aromatic heterocycles. The first-order valence-corrected chi connectivity index (χ1v) is 6.67. The van der Waals surface area contributed by atoms with Gasteiger partial charge in [-0.05, 0) is 33.8 Å². The molecule has 0 aliphatic heterocycles. The van der Waals surface area contributed by atoms with Crippen LogP contribution in [0.25, 0.3) is 0 Å². The molecule has 0 atom stereocenters. The van der Waals surface area contributed by atoms with Gasteiger partial charge in [0.25, 0.3) is 0 Å². The van der Waals surface area contributed by atoms with E-state index < -0.39 is 5.82 Å². The Hall–Kier alpha value is -2.04. The Balaban J connectivity index is 2.21. The van der Waals surface area contributed by atoms with E-state index in [0.717, 1.165) is 17.1 Å². The number of halogens is 1. The van der Waals surface area contributed by atoms with E-state index in [0.29, 0.717) is 12.1 Å². The van der Waals surface area contributed by atoms with E-state index in [9.17, 15) is 9.50 Å². The first-order chi connectivity index (χ1) is 9.41. The molecule has 0 amide bonds. The van der Waals surface area contributed by atoms with Crippen LogP contribution in [0, 0.1) is 19.7 Å². The molecule has 2 rings (SSSR count). The molecule has 2 N–H and O–H groups in total. The van der Waals surface area contributed by atoms with Gasteiger partial charge in [-0.25, -0.2) is 4.39 Å². The zero-order valence-electron chi connectivity index (χ0n) is 12.2. The summed E-state index contributed by atoms with van der Waals surface area (Å²) in [5, 5.41) is 17.4. The van der Waals surface area contributed by atoms with Crippen LogP contribution in [0.3, 0.4) is 0 Å². The zero-order chi connectivity index (χ0) is 14.9. The Bertz CT molecular complexity index is 620. The predicted octanol–water partition coefficient (Wildman–Crippen LogP) is 3.54. The fraction of sp³-hybridized carbons (Fsp3) is 0.400. The molecule has 108 valence electrons. The van der Waals surface area contributed by atoms with Gasteiger partial charge in [-0.1, -0.05) is 12.1 Å². The summed E-state index contributed by atoms with van der Waals surface area (Å²) in [6.45, 7) is 8.42. The van der Waals surface area contributed by atoms with Gasteiger partial charge >= 0.3 is 0 Å². The van der Waals surface area contributed by atoms with Gasteiger partial charge in [0, 0.05) is 18.2 Å². The fourth-order valence-corrected chi connectivity index (χ4v) is 2.31. The number of aromatic hydroxyl groups is 1. The molecule has 0 fully saturated rings. The number of hydrogen-bond donors (Lipinski definition) is 2. The second kappa shape index (κ2) is 5.53. The number of phenolic OH excluding ortho intramolecular Hbond substituents is 1. The number of hydrogen-bond acceptors (Lipinski definition) is 3. The minimum atomic E-state index is -0.601. The summed E-state index contributed by atoms with van der Waals surface area (Å²) in [4.78, 5) is 0. The van der Waals surface area contributed by atoms with Crippen molar-refractivity contribution < 1.29 is 9.50 Å². The first kappa shape index (κ1) is 14.4. The van der Waals surface area contributed by atoms with Crippen LogP contribution in [-0.2, 0) is 6.54 Å². The summed E-state index contributed by atoms with van der Waals surface area (Å²) in [5.41, 5.74) is 3.39. The van der Waals surface area contributed by atoms with Gasteiger partial charge in [-0.2, -0.15) is 5.10 Å². The molecule has 2 aromatic rings. The average molecular weight is 277 g/mol. The van der Waals surface area contributed by atoms with Crippen LogP contribution in [0.15, 0.2) is 18.2 Å². The smallest absolute Gasteiger partial charge is 0.165 e. The highest BCUT2D eigenvalue weighted by Gasteiger charge is 2.14. The van der Waals surface area contributed by atoms with E-state index in [2.05, 4.69) is 24.3 Å². The largest absolute Gasteiger partial charge is 0.505 e. The lowest BCUT2D eigenvalue weighted by Crippen LogP contribution is -2.06. The summed E-state index contributed by atoms with van der Waals surface area (Å²) in [5.74, 6) is -0.901. The fourth-order valence-electron chi connectivity index (χ4n) is 2.31. The van der Waals surface area contributed by atoms with Gasteiger partial charge in [0.1, 0.15) is 0 Å². The molecule has 1 aromatic carbocycles. The summed E-state index contributed by atoms with van der Waals surface area (Å²) in [7, 11) is 0. The molecule has 0 aliphatic rings. The van der Waals surface area contributed by atoms with E-state index in [1.807, 2.05) is 18.5 Å². The van der Waals surface area contributed by atoms with Crippen molar-refractivity contribution in [3.05, 3.63) is 41.0 Å². The summed E-state index contributed by atoms with van der Waals surface area (Å²) >= 11 is 0. The van der Waals surface area contributed by atoms with E-state index in [4.69, 9.17) is 0 Å². The minimum absolute atomic E-state index is 0.284. The van der Waals surface area contributed by atoms with Crippen molar-refractivity contribution in [3.63, 3.8) is 0 Å². The second-order valence-corrected chi connectivity index (χ2v) is 5.19. The molecule has 0 saturated carbocycles. The summed E-state index contributed by atoms with van der Waals surface area (Å²) < 4.78 is 15.2. The molecule has 0 radical (unpaired) electrons. The molecule has 0 saturated heterocycles. The molecule has 4 nitrogen and oxygen atoms in total. The molecular formula is C15H20FN3O. The van der Waals surface area contributed by atoms with Crippen LogP contribution in [0.1, 0.15) is 36.8 Å². The molecule has 0 unspecified atom stereocenters. The third kappa shape index (κ3) is 2.61. The third-order valence-electron chi connectivity index (χ3n) is 3.34. The Morgan fingerprint density at radius 3 is 2.65 bits per heavy atom. The van der Waals surface area contributed by atoms with Crippen molar-refractivity contribution >= 4 is 5.69 Å². The topological polar surface area (TPSA) is 50.1 Å². The molecule has 5 heteroatoms. The third-order valence-corrected chi connectivity index (χ3v) is 3.34. The Morgan fingerprint density at radius 2 is 2.05 bits per heavy atom. The minimum Gasteiger partial charge on any atom is -0.505 e. The number of rotatable bonds is 4. The Morgan fingerprint density at radius 1 is 1.35 bits per heavy atom. The van der Waals surface area contributed by atoms with Crippen molar-refractivity contribution in [2.24, 2.45) is 0 Å². The maximum atomic E-state index is 13.3. The second-order valence-electron chi connectivity index (χ2n) is 5.19. The monoisotopic (exact) mass is 277 g/mol. The van der Waals surface area contributed by atoms with Gasteiger partial charge < -0.3 is 10.4 Å². The highest BCUT2D eigenvalue weighted by Crippen LogP contribution is 2.25. The van der Waals surface area contributed by atoms with Crippen LogP contribution in [0.5, 0.6) is 5.75 Å². The Kier molecular flexibility index (Phi) is 3.97. The lowest BCUT2D eigenvalue weighted by atomic mass is 10.2. The van der Waals surface area contributed by atoms with E-state index in [1.165, 1.54) is 6.07 Å². The average Bonchev–Trinajstić information content (AvgIpc) is 2.67. The zero-order valence-corrected chi connectivity index (χ0v) is 12.2. The quantitative estimate of drug-likeness (QED) is 0.898. The molecule has 0 aliphatic carbocycles. The Labute approximate surface area is 118 Å². The number of benzene rings is 1. The number of nitrogens with one attached hydrogen (secondary N) is 1. The van der Waals surface area contributed by atoms with Crippen molar-refractivity contribution in [2.45, 2.75) is 40.3 Å². The van der Waals surface area contributed by atoms with Gasteiger partial charge in [0.05, 0.1) is 17.1 Å². The van der Waals surface area contributed by atoms with Gasteiger partial charge in [0.15, 0.2) is 11.6 Å². The van der Waals surface area contributed by atoms with Crippen LogP contribution >= 0.6 is 0 Å². The standard InChI is InChI=1S/C15H20FN3O/c1-9(2)19-11(4)14(10(3)18-19)17-8-12-6-5-7-13(16)15(12)20/h5-7,9,17,20H,8H2,1-4H3. The van der Waals surface area contributed by atoms with Crippen molar-refractivity contribution in [2.75, 3.05) is 5.32 Å². The molecule has 1 heterocycles. The van der Waals surface area contributed by atoms with Crippen LogP contribution < -0.4 is 5.32 Å². The molecular weight excluding hydrogens is 257 g/mol.